The third-order valence-corrected chi connectivity index (χ3v) is 6.34. The number of fused-ring (bicyclic) bond motifs is 1. The van der Waals surface area contributed by atoms with Crippen LogP contribution in [-0.4, -0.2) is 22.0 Å². The van der Waals surface area contributed by atoms with Gasteiger partial charge in [-0.05, 0) is 61.7 Å². The van der Waals surface area contributed by atoms with Gasteiger partial charge in [0.15, 0.2) is 0 Å². The molecule has 0 saturated carbocycles. The number of aryl methyl sites for hydroxylation is 2. The van der Waals surface area contributed by atoms with Crippen LogP contribution < -0.4 is 5.32 Å². The zero-order valence-electron chi connectivity index (χ0n) is 18.7. The standard InChI is InChI=1S/C27H27Cl2N3O/c1-19-10-12-20(13-11-19)27(33)30-16-6-2-3-9-26-31-24-7-4-5-8-25(24)32(26)18-21-14-15-22(28)17-23(21)29/h4-5,7-8,10-15,17H,2-3,6,9,16,18H2,1H3,(H,30,33). The number of halogens is 2. The van der Waals surface area contributed by atoms with Crippen LogP contribution in [0.5, 0.6) is 0 Å². The molecule has 0 saturated heterocycles. The van der Waals surface area contributed by atoms with E-state index in [1.54, 1.807) is 6.07 Å². The number of amides is 1. The number of nitrogens with one attached hydrogen (secondary N) is 1. The summed E-state index contributed by atoms with van der Waals surface area (Å²) in [7, 11) is 0. The highest BCUT2D eigenvalue weighted by Gasteiger charge is 2.12. The number of unbranched alkanes of at least 4 members (excludes halogenated alkanes) is 2. The van der Waals surface area contributed by atoms with E-state index in [-0.39, 0.29) is 5.91 Å². The quantitative estimate of drug-likeness (QED) is 0.267. The van der Waals surface area contributed by atoms with Crippen molar-refractivity contribution in [1.82, 2.24) is 14.9 Å². The van der Waals surface area contributed by atoms with Crippen molar-refractivity contribution in [3.05, 3.63) is 99.3 Å². The lowest BCUT2D eigenvalue weighted by molar-refractivity contribution is 0.0953. The third kappa shape index (κ3) is 5.95. The maximum Gasteiger partial charge on any atom is 0.251 e. The minimum Gasteiger partial charge on any atom is -0.352 e. The van der Waals surface area contributed by atoms with Gasteiger partial charge >= 0.3 is 0 Å². The van der Waals surface area contributed by atoms with Crippen molar-refractivity contribution in [2.45, 2.75) is 39.2 Å². The summed E-state index contributed by atoms with van der Waals surface area (Å²) < 4.78 is 2.24. The number of imidazole rings is 1. The number of benzene rings is 3. The molecule has 4 aromatic rings. The van der Waals surface area contributed by atoms with Crippen LogP contribution in [0.3, 0.4) is 0 Å². The molecule has 0 bridgehead atoms. The molecule has 1 aromatic heterocycles. The Bertz CT molecular complexity index is 1250. The Labute approximate surface area is 204 Å². The van der Waals surface area contributed by atoms with Gasteiger partial charge in [0.25, 0.3) is 5.91 Å². The van der Waals surface area contributed by atoms with Crippen molar-refractivity contribution in [3.63, 3.8) is 0 Å². The zero-order chi connectivity index (χ0) is 23.2. The molecule has 1 amide bonds. The van der Waals surface area contributed by atoms with Gasteiger partial charge in [-0.25, -0.2) is 4.98 Å². The molecule has 0 atom stereocenters. The van der Waals surface area contributed by atoms with E-state index in [0.29, 0.717) is 28.7 Å². The molecule has 0 aliphatic carbocycles. The Morgan fingerprint density at radius 2 is 1.76 bits per heavy atom. The van der Waals surface area contributed by atoms with Crippen LogP contribution in [0.15, 0.2) is 66.7 Å². The van der Waals surface area contributed by atoms with Crippen molar-refractivity contribution in [2.24, 2.45) is 0 Å². The summed E-state index contributed by atoms with van der Waals surface area (Å²) in [5.74, 6) is 1.03. The van der Waals surface area contributed by atoms with Crippen LogP contribution in [0, 0.1) is 6.92 Å². The van der Waals surface area contributed by atoms with Gasteiger partial charge in [0.1, 0.15) is 5.82 Å². The highest BCUT2D eigenvalue weighted by Crippen LogP contribution is 2.25. The molecule has 1 heterocycles. The van der Waals surface area contributed by atoms with Gasteiger partial charge in [-0.3, -0.25) is 4.79 Å². The molecule has 0 aliphatic rings. The van der Waals surface area contributed by atoms with E-state index in [2.05, 4.69) is 16.0 Å². The summed E-state index contributed by atoms with van der Waals surface area (Å²) in [6.07, 6.45) is 3.81. The lowest BCUT2D eigenvalue weighted by Gasteiger charge is -2.11. The minimum atomic E-state index is -0.0170. The molecule has 0 spiro atoms. The number of carbonyl (C=O) groups excluding carboxylic acids is 1. The van der Waals surface area contributed by atoms with Gasteiger partial charge in [0.05, 0.1) is 17.6 Å². The minimum absolute atomic E-state index is 0.0170. The van der Waals surface area contributed by atoms with Gasteiger partial charge in [-0.1, -0.05) is 65.5 Å². The molecule has 1 N–H and O–H groups in total. The number of aromatic nitrogens is 2. The normalized spacial score (nSPS) is 11.1. The first-order valence-electron chi connectivity index (χ1n) is 11.2. The Kier molecular flexibility index (Phi) is 7.69. The molecule has 0 radical (unpaired) electrons. The Hall–Kier alpha value is -2.82. The van der Waals surface area contributed by atoms with E-state index in [0.717, 1.165) is 53.7 Å². The van der Waals surface area contributed by atoms with E-state index < -0.39 is 0 Å². The first-order chi connectivity index (χ1) is 16.0. The van der Waals surface area contributed by atoms with Crippen LogP contribution in [0.4, 0.5) is 0 Å². The SMILES string of the molecule is Cc1ccc(C(=O)NCCCCCc2nc3ccccc3n2Cc2ccc(Cl)cc2Cl)cc1. The van der Waals surface area contributed by atoms with Gasteiger partial charge in [-0.15, -0.1) is 0 Å². The fourth-order valence-corrected chi connectivity index (χ4v) is 4.37. The summed E-state index contributed by atoms with van der Waals surface area (Å²) in [4.78, 5) is 17.1. The van der Waals surface area contributed by atoms with Crippen molar-refractivity contribution in [3.8, 4) is 0 Å². The summed E-state index contributed by atoms with van der Waals surface area (Å²) in [6, 6.07) is 21.4. The molecule has 0 aliphatic heterocycles. The van der Waals surface area contributed by atoms with Gasteiger partial charge in [0, 0.05) is 28.6 Å². The summed E-state index contributed by atoms with van der Waals surface area (Å²) in [5, 5.41) is 4.30. The Morgan fingerprint density at radius 1 is 0.970 bits per heavy atom. The van der Waals surface area contributed by atoms with Crippen LogP contribution in [0.1, 0.15) is 46.6 Å². The number of rotatable bonds is 9. The van der Waals surface area contributed by atoms with Crippen molar-refractivity contribution < 1.29 is 4.79 Å². The van der Waals surface area contributed by atoms with Crippen LogP contribution >= 0.6 is 23.2 Å². The average Bonchev–Trinajstić information content (AvgIpc) is 3.15. The third-order valence-electron chi connectivity index (χ3n) is 5.75. The van der Waals surface area contributed by atoms with Crippen molar-refractivity contribution in [2.75, 3.05) is 6.54 Å². The second-order valence-corrected chi connectivity index (χ2v) is 9.11. The van der Waals surface area contributed by atoms with E-state index in [4.69, 9.17) is 28.2 Å². The fraction of sp³-hybridized carbons (Fsp3) is 0.259. The molecular formula is C27H27Cl2N3O. The summed E-state index contributed by atoms with van der Waals surface area (Å²) >= 11 is 12.5. The Morgan fingerprint density at radius 3 is 2.55 bits per heavy atom. The number of para-hydroxylation sites is 2. The summed E-state index contributed by atoms with van der Waals surface area (Å²) in [5.41, 5.74) is 4.96. The maximum atomic E-state index is 12.2. The van der Waals surface area contributed by atoms with Gasteiger partial charge in [-0.2, -0.15) is 0 Å². The molecule has 4 rings (SSSR count). The molecule has 4 nitrogen and oxygen atoms in total. The lowest BCUT2D eigenvalue weighted by atomic mass is 10.1. The number of hydrogen-bond donors (Lipinski definition) is 1. The van der Waals surface area contributed by atoms with Gasteiger partial charge < -0.3 is 9.88 Å². The number of nitrogens with zero attached hydrogens (tertiary/aromatic N) is 2. The van der Waals surface area contributed by atoms with E-state index in [1.165, 1.54) is 0 Å². The topological polar surface area (TPSA) is 46.9 Å². The predicted molar refractivity (Wildman–Crippen MR) is 136 cm³/mol. The fourth-order valence-electron chi connectivity index (χ4n) is 3.91. The molecule has 0 unspecified atom stereocenters. The first-order valence-corrected chi connectivity index (χ1v) is 12.0. The van der Waals surface area contributed by atoms with E-state index >= 15 is 0 Å². The Balaban J connectivity index is 1.34. The second kappa shape index (κ2) is 10.9. The summed E-state index contributed by atoms with van der Waals surface area (Å²) in [6.45, 7) is 3.34. The molecular weight excluding hydrogens is 453 g/mol. The smallest absolute Gasteiger partial charge is 0.251 e. The largest absolute Gasteiger partial charge is 0.352 e. The monoisotopic (exact) mass is 479 g/mol. The second-order valence-electron chi connectivity index (χ2n) is 8.27. The predicted octanol–water partition coefficient (Wildman–Crippen LogP) is 6.84. The van der Waals surface area contributed by atoms with Crippen LogP contribution in [-0.2, 0) is 13.0 Å². The molecule has 0 fully saturated rings. The molecule has 33 heavy (non-hydrogen) atoms. The van der Waals surface area contributed by atoms with Crippen molar-refractivity contribution >= 4 is 40.1 Å². The molecule has 170 valence electrons. The highest BCUT2D eigenvalue weighted by molar-refractivity contribution is 6.35. The zero-order valence-corrected chi connectivity index (χ0v) is 20.2. The van der Waals surface area contributed by atoms with Crippen LogP contribution in [0.2, 0.25) is 10.0 Å². The maximum absolute atomic E-state index is 12.2. The molecule has 6 heteroatoms. The first kappa shape index (κ1) is 23.3. The van der Waals surface area contributed by atoms with Gasteiger partial charge in [0.2, 0.25) is 0 Å². The van der Waals surface area contributed by atoms with E-state index in [1.807, 2.05) is 61.5 Å². The lowest BCUT2D eigenvalue weighted by Crippen LogP contribution is -2.24. The number of hydrogen-bond acceptors (Lipinski definition) is 2. The highest BCUT2D eigenvalue weighted by atomic mass is 35.5. The molecule has 3 aromatic carbocycles. The number of carbonyl (C=O) groups is 1. The van der Waals surface area contributed by atoms with Crippen molar-refractivity contribution in [1.29, 1.82) is 0 Å². The van der Waals surface area contributed by atoms with E-state index in [9.17, 15) is 4.79 Å². The van der Waals surface area contributed by atoms with Crippen LogP contribution in [0.25, 0.3) is 11.0 Å². The average molecular weight is 480 g/mol.